The molecule has 152 valence electrons. The average molecular weight is 453 g/mol. The molecular formula is C19H18Cl2N4O3S. The number of hydrogen-bond acceptors (Lipinski definition) is 7. The van der Waals surface area contributed by atoms with Crippen molar-refractivity contribution < 1.29 is 14.2 Å². The molecule has 10 heteroatoms. The molecule has 0 N–H and O–H groups in total. The summed E-state index contributed by atoms with van der Waals surface area (Å²) in [6.45, 7) is 3.83. The van der Waals surface area contributed by atoms with Crippen molar-refractivity contribution in [3.8, 4) is 0 Å². The summed E-state index contributed by atoms with van der Waals surface area (Å²) in [4.78, 5) is 13.8. The average Bonchev–Trinajstić information content (AvgIpc) is 3.33. The fourth-order valence-corrected chi connectivity index (χ4v) is 4.99. The molecule has 29 heavy (non-hydrogen) atoms. The van der Waals surface area contributed by atoms with Crippen molar-refractivity contribution in [1.82, 2.24) is 19.5 Å². The Morgan fingerprint density at radius 1 is 1.07 bits per heavy atom. The molecule has 0 amide bonds. The van der Waals surface area contributed by atoms with Crippen LogP contribution in [-0.4, -0.2) is 49.4 Å². The first kappa shape index (κ1) is 19.5. The van der Waals surface area contributed by atoms with E-state index in [-0.39, 0.29) is 18.3 Å². The standard InChI is InChI=1S/C19H18Cl2N4O3S/c1-19(2)27-14-12(7-29-11-5-3-10(20)4-6-11)26-18(15(14)28-19)25-9-24-13-16(21)22-8-23-17(13)25/h3-6,8-9,12,14-15,18H,7H2,1-2H3/t12-,14-,15-,18-/m1/s1. The molecule has 4 atom stereocenters. The molecule has 0 bridgehead atoms. The summed E-state index contributed by atoms with van der Waals surface area (Å²) in [5, 5.41) is 1.02. The lowest BCUT2D eigenvalue weighted by molar-refractivity contribution is -0.193. The van der Waals surface area contributed by atoms with Crippen molar-refractivity contribution in [2.75, 3.05) is 5.75 Å². The van der Waals surface area contributed by atoms with Gasteiger partial charge in [-0.25, -0.2) is 15.0 Å². The van der Waals surface area contributed by atoms with Crippen LogP contribution >= 0.6 is 35.0 Å². The summed E-state index contributed by atoms with van der Waals surface area (Å²) < 4.78 is 20.6. The molecule has 3 aromatic rings. The number of rotatable bonds is 4. The monoisotopic (exact) mass is 452 g/mol. The highest BCUT2D eigenvalue weighted by atomic mass is 35.5. The van der Waals surface area contributed by atoms with E-state index in [4.69, 9.17) is 37.4 Å². The van der Waals surface area contributed by atoms with E-state index in [1.807, 2.05) is 42.7 Å². The van der Waals surface area contributed by atoms with Gasteiger partial charge < -0.3 is 14.2 Å². The zero-order valence-electron chi connectivity index (χ0n) is 15.7. The Kier molecular flexibility index (Phi) is 4.97. The van der Waals surface area contributed by atoms with Gasteiger partial charge >= 0.3 is 0 Å². The molecular weight excluding hydrogens is 435 g/mol. The maximum atomic E-state index is 6.38. The number of imidazole rings is 1. The normalized spacial score (nSPS) is 28.1. The van der Waals surface area contributed by atoms with Crippen LogP contribution in [0.2, 0.25) is 10.2 Å². The Balaban J connectivity index is 1.42. The van der Waals surface area contributed by atoms with Crippen LogP contribution in [0.5, 0.6) is 0 Å². The molecule has 4 heterocycles. The van der Waals surface area contributed by atoms with E-state index in [1.165, 1.54) is 6.33 Å². The topological polar surface area (TPSA) is 71.3 Å². The minimum atomic E-state index is -0.691. The SMILES string of the molecule is CC1(C)O[C@@H]2[C@H](O1)[C@@H](CSc1ccc(Cl)cc1)O[C@H]2n1cnc2c(Cl)ncnc21. The zero-order chi connectivity index (χ0) is 20.2. The Morgan fingerprint density at radius 2 is 1.83 bits per heavy atom. The number of aromatic nitrogens is 4. The summed E-state index contributed by atoms with van der Waals surface area (Å²) in [6, 6.07) is 7.75. The number of ether oxygens (including phenoxy) is 3. The lowest BCUT2D eigenvalue weighted by atomic mass is 10.1. The number of thioether (sulfide) groups is 1. The van der Waals surface area contributed by atoms with Crippen molar-refractivity contribution in [2.45, 2.75) is 49.1 Å². The molecule has 5 rings (SSSR count). The summed E-state index contributed by atoms with van der Waals surface area (Å²) in [5.41, 5.74) is 1.14. The van der Waals surface area contributed by atoms with Crippen molar-refractivity contribution >= 4 is 46.1 Å². The molecule has 0 aliphatic carbocycles. The Labute approximate surface area is 181 Å². The third-order valence-corrected chi connectivity index (χ3v) is 6.57. The molecule has 7 nitrogen and oxygen atoms in total. The largest absolute Gasteiger partial charge is 0.348 e. The van der Waals surface area contributed by atoms with Crippen LogP contribution in [0.4, 0.5) is 0 Å². The number of fused-ring (bicyclic) bond motifs is 2. The van der Waals surface area contributed by atoms with Gasteiger partial charge in [-0.05, 0) is 38.1 Å². The number of nitrogens with zero attached hydrogens (tertiary/aromatic N) is 4. The van der Waals surface area contributed by atoms with Gasteiger partial charge in [-0.2, -0.15) is 0 Å². The smallest absolute Gasteiger partial charge is 0.167 e. The fraction of sp³-hybridized carbons (Fsp3) is 0.421. The Bertz CT molecular complexity index is 1050. The first-order valence-corrected chi connectivity index (χ1v) is 10.9. The van der Waals surface area contributed by atoms with Gasteiger partial charge in [0.2, 0.25) is 0 Å². The van der Waals surface area contributed by atoms with Gasteiger partial charge in [0.1, 0.15) is 24.1 Å². The summed E-state index contributed by atoms with van der Waals surface area (Å²) in [5.74, 6) is 0.0185. The predicted molar refractivity (Wildman–Crippen MR) is 110 cm³/mol. The van der Waals surface area contributed by atoms with Gasteiger partial charge in [-0.1, -0.05) is 23.2 Å². The quantitative estimate of drug-likeness (QED) is 0.430. The molecule has 0 radical (unpaired) electrons. The van der Waals surface area contributed by atoms with E-state index in [2.05, 4.69) is 15.0 Å². The second-order valence-corrected chi connectivity index (χ2v) is 9.27. The van der Waals surface area contributed by atoms with E-state index < -0.39 is 12.0 Å². The van der Waals surface area contributed by atoms with Crippen LogP contribution in [0.25, 0.3) is 11.2 Å². The fourth-order valence-electron chi connectivity index (χ4n) is 3.74. The van der Waals surface area contributed by atoms with Crippen LogP contribution in [-0.2, 0) is 14.2 Å². The molecule has 2 aliphatic rings. The van der Waals surface area contributed by atoms with Gasteiger partial charge in [-0.15, -0.1) is 11.8 Å². The Morgan fingerprint density at radius 3 is 2.62 bits per heavy atom. The minimum Gasteiger partial charge on any atom is -0.348 e. The van der Waals surface area contributed by atoms with Gasteiger partial charge in [0.25, 0.3) is 0 Å². The molecule has 0 saturated carbocycles. The minimum absolute atomic E-state index is 0.165. The van der Waals surface area contributed by atoms with Gasteiger partial charge in [-0.3, -0.25) is 4.57 Å². The first-order chi connectivity index (χ1) is 13.9. The molecule has 0 unspecified atom stereocenters. The van der Waals surface area contributed by atoms with Crippen molar-refractivity contribution in [3.63, 3.8) is 0 Å². The Hall–Kier alpha value is -1.42. The molecule has 1 aromatic carbocycles. The van der Waals surface area contributed by atoms with Crippen molar-refractivity contribution in [3.05, 3.63) is 47.1 Å². The summed E-state index contributed by atoms with van der Waals surface area (Å²) in [7, 11) is 0. The highest BCUT2D eigenvalue weighted by Gasteiger charge is 2.56. The van der Waals surface area contributed by atoms with Crippen LogP contribution in [0.3, 0.4) is 0 Å². The van der Waals surface area contributed by atoms with Crippen LogP contribution in [0.15, 0.2) is 41.8 Å². The summed E-state index contributed by atoms with van der Waals surface area (Å²) in [6.07, 6.45) is 2.00. The lowest BCUT2D eigenvalue weighted by Crippen LogP contribution is -2.31. The van der Waals surface area contributed by atoms with E-state index in [0.29, 0.717) is 27.1 Å². The van der Waals surface area contributed by atoms with Gasteiger partial charge in [0.05, 0.1) is 12.4 Å². The second-order valence-electron chi connectivity index (χ2n) is 7.38. The second kappa shape index (κ2) is 7.37. The highest BCUT2D eigenvalue weighted by molar-refractivity contribution is 7.99. The van der Waals surface area contributed by atoms with Crippen molar-refractivity contribution in [1.29, 1.82) is 0 Å². The van der Waals surface area contributed by atoms with Gasteiger partial charge in [0, 0.05) is 15.7 Å². The van der Waals surface area contributed by atoms with E-state index in [0.717, 1.165) is 4.90 Å². The van der Waals surface area contributed by atoms with Crippen molar-refractivity contribution in [2.24, 2.45) is 0 Å². The number of benzene rings is 1. The maximum Gasteiger partial charge on any atom is 0.167 e. The third kappa shape index (κ3) is 3.62. The molecule has 2 fully saturated rings. The predicted octanol–water partition coefficient (Wildman–Crippen LogP) is 4.34. The van der Waals surface area contributed by atoms with Gasteiger partial charge in [0.15, 0.2) is 22.8 Å². The molecule has 2 aliphatic heterocycles. The number of halogens is 2. The highest BCUT2D eigenvalue weighted by Crippen LogP contribution is 2.45. The number of hydrogen-bond donors (Lipinski definition) is 0. The van der Waals surface area contributed by atoms with E-state index >= 15 is 0 Å². The van der Waals surface area contributed by atoms with Crippen LogP contribution < -0.4 is 0 Å². The lowest BCUT2D eigenvalue weighted by Gasteiger charge is -2.24. The third-order valence-electron chi connectivity index (χ3n) is 4.94. The van der Waals surface area contributed by atoms with Crippen LogP contribution in [0.1, 0.15) is 20.1 Å². The summed E-state index contributed by atoms with van der Waals surface area (Å²) >= 11 is 13.8. The van der Waals surface area contributed by atoms with E-state index in [9.17, 15) is 0 Å². The molecule has 2 saturated heterocycles. The first-order valence-electron chi connectivity index (χ1n) is 9.14. The van der Waals surface area contributed by atoms with Crippen LogP contribution in [0, 0.1) is 0 Å². The molecule has 2 aromatic heterocycles. The zero-order valence-corrected chi connectivity index (χ0v) is 18.0. The maximum absolute atomic E-state index is 6.38. The van der Waals surface area contributed by atoms with E-state index in [1.54, 1.807) is 18.1 Å². The molecule has 0 spiro atoms.